The van der Waals surface area contributed by atoms with E-state index in [-0.39, 0.29) is 0 Å². The Morgan fingerprint density at radius 2 is 1.31 bits per heavy atom. The van der Waals surface area contributed by atoms with E-state index in [0.717, 1.165) is 5.69 Å². The van der Waals surface area contributed by atoms with Gasteiger partial charge in [-0.3, -0.25) is 0 Å². The summed E-state index contributed by atoms with van der Waals surface area (Å²) in [5.74, 6) is 0.300. The number of benzene rings is 1. The Balaban J connectivity index is 0. The van der Waals surface area contributed by atoms with Crippen LogP contribution in [0.15, 0.2) is 24.3 Å². The van der Waals surface area contributed by atoms with Crippen molar-refractivity contribution >= 4 is 5.69 Å². The van der Waals surface area contributed by atoms with Gasteiger partial charge in [-0.15, -0.1) is 0 Å². The topological polar surface area (TPSA) is 32.3 Å². The molecule has 76 valence electrons. The molecule has 0 aliphatic heterocycles. The van der Waals surface area contributed by atoms with Gasteiger partial charge in [-0.1, -0.05) is 27.7 Å². The SMILES string of the molecule is CC.CC.CNc1ccc(O)cc1. The number of hydrogen-bond acceptors (Lipinski definition) is 2. The van der Waals surface area contributed by atoms with Gasteiger partial charge >= 0.3 is 0 Å². The third-order valence-corrected chi connectivity index (χ3v) is 1.16. The lowest BCUT2D eigenvalue weighted by Gasteiger charge is -1.96. The number of hydrogen-bond donors (Lipinski definition) is 2. The summed E-state index contributed by atoms with van der Waals surface area (Å²) in [6.45, 7) is 8.00. The predicted molar refractivity (Wildman–Crippen MR) is 60.3 cm³/mol. The number of phenols is 1. The highest BCUT2D eigenvalue weighted by atomic mass is 16.3. The lowest BCUT2D eigenvalue weighted by molar-refractivity contribution is 0.475. The van der Waals surface area contributed by atoms with Crippen LogP contribution in [0.25, 0.3) is 0 Å². The third-order valence-electron chi connectivity index (χ3n) is 1.16. The van der Waals surface area contributed by atoms with E-state index in [2.05, 4.69) is 5.32 Å². The molecule has 0 spiro atoms. The molecule has 1 aromatic carbocycles. The molecule has 0 amide bonds. The monoisotopic (exact) mass is 183 g/mol. The summed E-state index contributed by atoms with van der Waals surface area (Å²) < 4.78 is 0. The van der Waals surface area contributed by atoms with Gasteiger partial charge in [-0.05, 0) is 24.3 Å². The van der Waals surface area contributed by atoms with E-state index >= 15 is 0 Å². The molecule has 2 N–H and O–H groups in total. The molecule has 13 heavy (non-hydrogen) atoms. The van der Waals surface area contributed by atoms with Gasteiger partial charge in [0.1, 0.15) is 5.75 Å². The van der Waals surface area contributed by atoms with Crippen molar-refractivity contribution in [3.63, 3.8) is 0 Å². The van der Waals surface area contributed by atoms with Crippen LogP contribution in [0.1, 0.15) is 27.7 Å². The maximum absolute atomic E-state index is 8.82. The van der Waals surface area contributed by atoms with Crippen molar-refractivity contribution in [2.24, 2.45) is 0 Å². The number of phenolic OH excluding ortho intramolecular Hbond substituents is 1. The first kappa shape index (κ1) is 14.3. The molecular weight excluding hydrogens is 162 g/mol. The van der Waals surface area contributed by atoms with E-state index in [1.807, 2.05) is 46.9 Å². The first-order valence-corrected chi connectivity index (χ1v) is 4.79. The lowest BCUT2D eigenvalue weighted by atomic mass is 10.3. The third kappa shape index (κ3) is 7.19. The van der Waals surface area contributed by atoms with E-state index in [9.17, 15) is 0 Å². The summed E-state index contributed by atoms with van der Waals surface area (Å²) >= 11 is 0. The minimum atomic E-state index is 0.300. The average Bonchev–Trinajstić information content (AvgIpc) is 2.25. The highest BCUT2D eigenvalue weighted by Gasteiger charge is 1.85. The summed E-state index contributed by atoms with van der Waals surface area (Å²) in [6.07, 6.45) is 0. The number of rotatable bonds is 1. The summed E-state index contributed by atoms with van der Waals surface area (Å²) in [7, 11) is 1.84. The van der Waals surface area contributed by atoms with Crippen molar-refractivity contribution in [1.29, 1.82) is 0 Å². The quantitative estimate of drug-likeness (QED) is 0.653. The van der Waals surface area contributed by atoms with Gasteiger partial charge < -0.3 is 10.4 Å². The van der Waals surface area contributed by atoms with E-state index in [4.69, 9.17) is 5.11 Å². The Labute approximate surface area is 81.6 Å². The molecule has 2 nitrogen and oxygen atoms in total. The molecule has 0 heterocycles. The van der Waals surface area contributed by atoms with Crippen LogP contribution in [-0.4, -0.2) is 12.2 Å². The zero-order valence-electron chi connectivity index (χ0n) is 9.26. The molecule has 0 aliphatic rings. The van der Waals surface area contributed by atoms with Crippen LogP contribution in [0, 0.1) is 0 Å². The lowest BCUT2D eigenvalue weighted by Crippen LogP contribution is -1.84. The smallest absolute Gasteiger partial charge is 0.115 e. The van der Waals surface area contributed by atoms with Gasteiger partial charge in [-0.25, -0.2) is 0 Å². The molecule has 0 unspecified atom stereocenters. The molecule has 2 heteroatoms. The molecule has 0 radical (unpaired) electrons. The Bertz CT molecular complexity index is 182. The van der Waals surface area contributed by atoms with Crippen molar-refractivity contribution in [3.8, 4) is 5.75 Å². The van der Waals surface area contributed by atoms with E-state index in [1.54, 1.807) is 12.1 Å². The van der Waals surface area contributed by atoms with Gasteiger partial charge in [0.05, 0.1) is 0 Å². The Morgan fingerprint density at radius 3 is 1.62 bits per heavy atom. The van der Waals surface area contributed by atoms with E-state index in [0.29, 0.717) is 5.75 Å². The van der Waals surface area contributed by atoms with Gasteiger partial charge in [0.25, 0.3) is 0 Å². The number of aromatic hydroxyl groups is 1. The van der Waals surface area contributed by atoms with Crippen LogP contribution >= 0.6 is 0 Å². The Kier molecular flexibility index (Phi) is 11.9. The summed E-state index contributed by atoms with van der Waals surface area (Å²) in [5.41, 5.74) is 1.01. The molecule has 0 fully saturated rings. The maximum atomic E-state index is 8.82. The maximum Gasteiger partial charge on any atom is 0.115 e. The molecule has 1 rings (SSSR count). The second-order valence-electron chi connectivity index (χ2n) is 1.80. The van der Waals surface area contributed by atoms with Crippen molar-refractivity contribution in [3.05, 3.63) is 24.3 Å². The van der Waals surface area contributed by atoms with Crippen molar-refractivity contribution in [2.45, 2.75) is 27.7 Å². The predicted octanol–water partition coefficient (Wildman–Crippen LogP) is 3.49. The van der Waals surface area contributed by atoms with Gasteiger partial charge in [0, 0.05) is 12.7 Å². The van der Waals surface area contributed by atoms with Gasteiger partial charge in [0.15, 0.2) is 0 Å². The largest absolute Gasteiger partial charge is 0.508 e. The fourth-order valence-corrected chi connectivity index (χ4v) is 0.628. The highest BCUT2D eigenvalue weighted by molar-refractivity contribution is 5.45. The standard InChI is InChI=1S/C7H9NO.2C2H6/c1-8-6-2-4-7(9)5-3-6;2*1-2/h2-5,8-9H,1H3;2*1-2H3. The Hall–Kier alpha value is -1.18. The zero-order chi connectivity index (χ0) is 10.7. The van der Waals surface area contributed by atoms with E-state index < -0.39 is 0 Å². The van der Waals surface area contributed by atoms with Crippen LogP contribution in [-0.2, 0) is 0 Å². The first-order chi connectivity index (χ1) is 6.33. The van der Waals surface area contributed by atoms with Crippen LogP contribution in [0.2, 0.25) is 0 Å². The number of anilines is 1. The summed E-state index contributed by atoms with van der Waals surface area (Å²) in [4.78, 5) is 0. The second kappa shape index (κ2) is 10.8. The first-order valence-electron chi connectivity index (χ1n) is 4.79. The van der Waals surface area contributed by atoms with Crippen molar-refractivity contribution in [1.82, 2.24) is 0 Å². The summed E-state index contributed by atoms with van der Waals surface area (Å²) in [5, 5.41) is 11.8. The van der Waals surface area contributed by atoms with Crippen LogP contribution < -0.4 is 5.32 Å². The zero-order valence-corrected chi connectivity index (χ0v) is 9.26. The Morgan fingerprint density at radius 1 is 0.923 bits per heavy atom. The number of nitrogens with one attached hydrogen (secondary N) is 1. The highest BCUT2D eigenvalue weighted by Crippen LogP contribution is 2.12. The molecule has 0 saturated heterocycles. The average molecular weight is 183 g/mol. The molecular formula is C11H21NO. The van der Waals surface area contributed by atoms with Crippen molar-refractivity contribution < 1.29 is 5.11 Å². The van der Waals surface area contributed by atoms with Crippen LogP contribution in [0.4, 0.5) is 5.69 Å². The molecule has 0 atom stereocenters. The molecule has 0 aliphatic carbocycles. The minimum absolute atomic E-state index is 0.300. The fourth-order valence-electron chi connectivity index (χ4n) is 0.628. The van der Waals surface area contributed by atoms with Crippen LogP contribution in [0.5, 0.6) is 5.75 Å². The molecule has 0 saturated carbocycles. The van der Waals surface area contributed by atoms with Gasteiger partial charge in [0.2, 0.25) is 0 Å². The van der Waals surface area contributed by atoms with Gasteiger partial charge in [-0.2, -0.15) is 0 Å². The molecule has 1 aromatic rings. The summed E-state index contributed by atoms with van der Waals surface area (Å²) in [6, 6.07) is 6.92. The second-order valence-corrected chi connectivity index (χ2v) is 1.80. The van der Waals surface area contributed by atoms with Crippen molar-refractivity contribution in [2.75, 3.05) is 12.4 Å². The minimum Gasteiger partial charge on any atom is -0.508 e. The fraction of sp³-hybridized carbons (Fsp3) is 0.455. The van der Waals surface area contributed by atoms with Crippen LogP contribution in [0.3, 0.4) is 0 Å². The molecule has 0 aromatic heterocycles. The molecule has 0 bridgehead atoms. The normalized spacial score (nSPS) is 7.15. The van der Waals surface area contributed by atoms with E-state index in [1.165, 1.54) is 0 Å².